The van der Waals surface area contributed by atoms with Gasteiger partial charge in [0.1, 0.15) is 5.54 Å². The largest absolute Gasteiger partial charge is 0.350 e. The molecule has 5 atom stereocenters. The van der Waals surface area contributed by atoms with E-state index in [-0.39, 0.29) is 5.91 Å². The second-order valence-corrected chi connectivity index (χ2v) is 10.6. The number of nitrogens with one attached hydrogen (secondary N) is 2. The van der Waals surface area contributed by atoms with E-state index in [2.05, 4.69) is 71.8 Å². The van der Waals surface area contributed by atoms with E-state index in [4.69, 9.17) is 0 Å². The Morgan fingerprint density at radius 1 is 1.09 bits per heavy atom. The van der Waals surface area contributed by atoms with Crippen LogP contribution in [-0.2, 0) is 17.8 Å². The second kappa shape index (κ2) is 8.99. The quantitative estimate of drug-likeness (QED) is 0.667. The van der Waals surface area contributed by atoms with Crippen molar-refractivity contribution >= 4 is 5.91 Å². The number of carbonyl (C=O) groups is 1. The summed E-state index contributed by atoms with van der Waals surface area (Å²) in [5.74, 6) is 2.51. The Hall–Kier alpha value is -2.17. The lowest BCUT2D eigenvalue weighted by Gasteiger charge is -2.56. The molecule has 3 heterocycles. The van der Waals surface area contributed by atoms with Gasteiger partial charge in [0.05, 0.1) is 0 Å². The van der Waals surface area contributed by atoms with Gasteiger partial charge in [0, 0.05) is 38.1 Å². The molecule has 6 rings (SSSR count). The van der Waals surface area contributed by atoms with Crippen LogP contribution in [0.1, 0.15) is 37.8 Å². The van der Waals surface area contributed by atoms with Gasteiger partial charge >= 0.3 is 0 Å². The second-order valence-electron chi connectivity index (χ2n) is 10.6. The van der Waals surface area contributed by atoms with Gasteiger partial charge in [0.25, 0.3) is 0 Å². The molecule has 32 heavy (non-hydrogen) atoms. The highest BCUT2D eigenvalue weighted by Crippen LogP contribution is 2.53. The first-order valence-corrected chi connectivity index (χ1v) is 12.4. The fourth-order valence-electron chi connectivity index (χ4n) is 6.85. The van der Waals surface area contributed by atoms with Crippen LogP contribution in [0.5, 0.6) is 0 Å². The summed E-state index contributed by atoms with van der Waals surface area (Å²) in [6, 6.07) is 21.6. The molecular formula is C28H37N3O. The van der Waals surface area contributed by atoms with Gasteiger partial charge < -0.3 is 10.6 Å². The van der Waals surface area contributed by atoms with Crippen LogP contribution in [0.4, 0.5) is 0 Å². The van der Waals surface area contributed by atoms with Crippen LogP contribution in [-0.4, -0.2) is 42.0 Å². The van der Waals surface area contributed by atoms with Crippen LogP contribution in [0, 0.1) is 23.7 Å². The van der Waals surface area contributed by atoms with E-state index in [1.54, 1.807) is 0 Å². The summed E-state index contributed by atoms with van der Waals surface area (Å²) in [4.78, 5) is 16.6. The van der Waals surface area contributed by atoms with Crippen molar-refractivity contribution in [3.63, 3.8) is 0 Å². The molecule has 4 nitrogen and oxygen atoms in total. The summed E-state index contributed by atoms with van der Waals surface area (Å²) >= 11 is 0. The zero-order valence-corrected chi connectivity index (χ0v) is 19.5. The number of carbonyl (C=O) groups excluding carboxylic acids is 1. The molecule has 0 aromatic heterocycles. The van der Waals surface area contributed by atoms with Gasteiger partial charge in [-0.05, 0) is 48.1 Å². The predicted molar refractivity (Wildman–Crippen MR) is 129 cm³/mol. The van der Waals surface area contributed by atoms with Gasteiger partial charge in [-0.25, -0.2) is 0 Å². The minimum Gasteiger partial charge on any atom is -0.350 e. The van der Waals surface area contributed by atoms with E-state index in [0.29, 0.717) is 36.3 Å². The molecule has 4 fully saturated rings. The van der Waals surface area contributed by atoms with Crippen LogP contribution in [0.25, 0.3) is 0 Å². The van der Waals surface area contributed by atoms with Crippen LogP contribution in [0.15, 0.2) is 60.7 Å². The molecule has 4 aliphatic rings. The molecule has 0 radical (unpaired) electrons. The number of nitrogens with zero attached hydrogens (tertiary/aromatic N) is 1. The van der Waals surface area contributed by atoms with Crippen molar-refractivity contribution in [1.82, 2.24) is 15.5 Å². The van der Waals surface area contributed by atoms with Gasteiger partial charge in [-0.3, -0.25) is 9.69 Å². The summed E-state index contributed by atoms with van der Waals surface area (Å²) in [5.41, 5.74) is 2.09. The smallest absolute Gasteiger partial charge is 0.240 e. The number of rotatable bonds is 8. The molecule has 2 aromatic carbocycles. The zero-order valence-electron chi connectivity index (χ0n) is 19.5. The average molecular weight is 432 g/mol. The fourth-order valence-corrected chi connectivity index (χ4v) is 6.85. The third-order valence-electron chi connectivity index (χ3n) is 8.11. The van der Waals surface area contributed by atoms with Crippen molar-refractivity contribution in [3.8, 4) is 0 Å². The molecule has 1 aliphatic carbocycles. The lowest BCUT2D eigenvalue weighted by atomic mass is 9.58. The van der Waals surface area contributed by atoms with Crippen LogP contribution < -0.4 is 10.6 Å². The maximum atomic E-state index is 13.8. The van der Waals surface area contributed by atoms with Gasteiger partial charge in [-0.1, -0.05) is 74.5 Å². The number of fused-ring (bicyclic) bond motifs is 1. The molecule has 0 unspecified atom stereocenters. The minimum absolute atomic E-state index is 0.207. The molecule has 170 valence electrons. The molecular weight excluding hydrogens is 394 g/mol. The Bertz CT molecular complexity index is 915. The number of piperidine rings is 2. The molecule has 0 spiro atoms. The van der Waals surface area contributed by atoms with Crippen LogP contribution >= 0.6 is 0 Å². The normalized spacial score (nSPS) is 31.2. The van der Waals surface area contributed by atoms with Crippen molar-refractivity contribution < 1.29 is 4.79 Å². The van der Waals surface area contributed by atoms with E-state index in [1.807, 2.05) is 18.2 Å². The van der Waals surface area contributed by atoms with Gasteiger partial charge in [0.15, 0.2) is 0 Å². The molecule has 2 aromatic rings. The first-order chi connectivity index (χ1) is 15.6. The number of amides is 1. The lowest BCUT2D eigenvalue weighted by molar-refractivity contribution is -0.139. The molecule has 1 saturated carbocycles. The Morgan fingerprint density at radius 2 is 1.78 bits per heavy atom. The summed E-state index contributed by atoms with van der Waals surface area (Å²) in [7, 11) is 0. The number of hydrogen-bond acceptors (Lipinski definition) is 3. The number of aryl methyl sites for hydroxylation is 1. The molecule has 3 saturated heterocycles. The summed E-state index contributed by atoms with van der Waals surface area (Å²) < 4.78 is 0. The summed E-state index contributed by atoms with van der Waals surface area (Å²) in [6.07, 6.45) is 3.06. The highest BCUT2D eigenvalue weighted by atomic mass is 16.2. The van der Waals surface area contributed by atoms with Crippen molar-refractivity contribution in [3.05, 3.63) is 71.8 Å². The zero-order chi connectivity index (χ0) is 22.1. The van der Waals surface area contributed by atoms with Crippen molar-refractivity contribution in [2.45, 2.75) is 51.2 Å². The molecule has 3 aliphatic heterocycles. The van der Waals surface area contributed by atoms with Gasteiger partial charge in [-0.15, -0.1) is 0 Å². The summed E-state index contributed by atoms with van der Waals surface area (Å²) in [5, 5.41) is 7.11. The third kappa shape index (κ3) is 3.99. The molecule has 1 amide bonds. The highest BCUT2D eigenvalue weighted by Gasteiger charge is 2.64. The van der Waals surface area contributed by atoms with Crippen LogP contribution in [0.2, 0.25) is 0 Å². The maximum Gasteiger partial charge on any atom is 0.240 e. The monoisotopic (exact) mass is 431 g/mol. The Kier molecular flexibility index (Phi) is 6.09. The SMILES string of the molecule is CC(C)CN1C[C@H]2C[C@]3(C(=O)NCc4ccccc4)NC[C@H]2[C@@H]1[C@@H]3CCc1ccccc1. The van der Waals surface area contributed by atoms with E-state index in [9.17, 15) is 4.79 Å². The predicted octanol–water partition coefficient (Wildman–Crippen LogP) is 3.87. The highest BCUT2D eigenvalue weighted by molar-refractivity contribution is 5.87. The Balaban J connectivity index is 1.40. The van der Waals surface area contributed by atoms with Gasteiger partial charge in [0.2, 0.25) is 5.91 Å². The van der Waals surface area contributed by atoms with E-state index in [1.165, 1.54) is 5.56 Å². The van der Waals surface area contributed by atoms with Crippen molar-refractivity contribution in [2.75, 3.05) is 19.6 Å². The van der Waals surface area contributed by atoms with E-state index in [0.717, 1.165) is 44.5 Å². The maximum absolute atomic E-state index is 13.8. The van der Waals surface area contributed by atoms with Crippen molar-refractivity contribution in [2.24, 2.45) is 23.7 Å². The molecule has 4 bridgehead atoms. The van der Waals surface area contributed by atoms with E-state index >= 15 is 0 Å². The molecule has 2 N–H and O–H groups in total. The fraction of sp³-hybridized carbons (Fsp3) is 0.536. The minimum atomic E-state index is -0.445. The third-order valence-corrected chi connectivity index (χ3v) is 8.11. The topological polar surface area (TPSA) is 44.4 Å². The molecule has 4 heteroatoms. The number of likely N-dealkylation sites (tertiary alicyclic amines) is 1. The first kappa shape index (κ1) is 21.7. The van der Waals surface area contributed by atoms with Gasteiger partial charge in [-0.2, -0.15) is 0 Å². The average Bonchev–Trinajstić information content (AvgIpc) is 3.10. The Labute approximate surface area is 192 Å². The first-order valence-electron chi connectivity index (χ1n) is 12.4. The summed E-state index contributed by atoms with van der Waals surface area (Å²) in [6.45, 7) is 8.51. The number of hydrogen-bond donors (Lipinski definition) is 2. The van der Waals surface area contributed by atoms with Crippen LogP contribution in [0.3, 0.4) is 0 Å². The lowest BCUT2D eigenvalue weighted by Crippen LogP contribution is -2.74. The number of benzene rings is 2. The van der Waals surface area contributed by atoms with E-state index < -0.39 is 5.54 Å². The Morgan fingerprint density at radius 3 is 2.47 bits per heavy atom. The van der Waals surface area contributed by atoms with Crippen molar-refractivity contribution in [1.29, 1.82) is 0 Å². The standard InChI is InChI=1S/C28H37N3O/c1-20(2)18-31-19-23-15-28(27(32)29-16-22-11-7-4-8-12-22)25(26(31)24(23)17-30-28)14-13-21-9-5-3-6-10-21/h3-12,20,23-26,30H,13-19H2,1-2H3,(H,29,32)/t23-,24-,25+,26-,28+/m1/s1.